The summed E-state index contributed by atoms with van der Waals surface area (Å²) in [5.41, 5.74) is 6.53. The van der Waals surface area contributed by atoms with Crippen molar-refractivity contribution in [1.82, 2.24) is 4.98 Å². The lowest BCUT2D eigenvalue weighted by Gasteiger charge is -2.01. The van der Waals surface area contributed by atoms with Crippen molar-refractivity contribution in [3.8, 4) is 0 Å². The molecule has 0 aliphatic heterocycles. The van der Waals surface area contributed by atoms with E-state index < -0.39 is 0 Å². The lowest BCUT2D eigenvalue weighted by Crippen LogP contribution is -2.11. The summed E-state index contributed by atoms with van der Waals surface area (Å²) in [6.45, 7) is 4.04. The Morgan fingerprint density at radius 2 is 2.29 bits per heavy atom. The SMILES string of the molecule is CCCCCCC(=O)Nc1nc(C(C)N)cs1. The highest BCUT2D eigenvalue weighted by Crippen LogP contribution is 2.19. The highest BCUT2D eigenvalue weighted by Gasteiger charge is 2.08. The lowest BCUT2D eigenvalue weighted by atomic mass is 10.1. The zero-order valence-corrected chi connectivity index (χ0v) is 11.3. The number of hydrogen-bond acceptors (Lipinski definition) is 4. The molecule has 0 fully saturated rings. The van der Waals surface area contributed by atoms with Crippen LogP contribution < -0.4 is 11.1 Å². The minimum atomic E-state index is -0.0820. The number of thiazole rings is 1. The van der Waals surface area contributed by atoms with Gasteiger partial charge in [-0.25, -0.2) is 4.98 Å². The first-order valence-electron chi connectivity index (χ1n) is 6.14. The minimum Gasteiger partial charge on any atom is -0.323 e. The van der Waals surface area contributed by atoms with Crippen LogP contribution in [-0.4, -0.2) is 10.9 Å². The van der Waals surface area contributed by atoms with Crippen LogP contribution in [-0.2, 0) is 4.79 Å². The normalized spacial score (nSPS) is 12.4. The minimum absolute atomic E-state index is 0.0478. The molecule has 0 aliphatic carbocycles. The molecule has 0 bridgehead atoms. The lowest BCUT2D eigenvalue weighted by molar-refractivity contribution is -0.116. The topological polar surface area (TPSA) is 68.0 Å². The zero-order chi connectivity index (χ0) is 12.7. The molecule has 0 aliphatic rings. The molecule has 96 valence electrons. The molecule has 1 aromatic heterocycles. The summed E-state index contributed by atoms with van der Waals surface area (Å²) in [6, 6.07) is -0.0820. The van der Waals surface area contributed by atoms with E-state index in [-0.39, 0.29) is 11.9 Å². The summed E-state index contributed by atoms with van der Waals surface area (Å²) >= 11 is 1.43. The summed E-state index contributed by atoms with van der Waals surface area (Å²) in [7, 11) is 0. The molecule has 3 N–H and O–H groups in total. The fourth-order valence-corrected chi connectivity index (χ4v) is 2.28. The standard InChI is InChI=1S/C12H21N3OS/c1-3-4-5-6-7-11(16)15-12-14-10(8-17-12)9(2)13/h8-9H,3-7,13H2,1-2H3,(H,14,15,16). The van der Waals surface area contributed by atoms with Crippen molar-refractivity contribution in [2.24, 2.45) is 5.73 Å². The second kappa shape index (κ2) is 7.40. The largest absolute Gasteiger partial charge is 0.323 e. The van der Waals surface area contributed by atoms with Gasteiger partial charge in [0.05, 0.1) is 5.69 Å². The van der Waals surface area contributed by atoms with Gasteiger partial charge in [-0.3, -0.25) is 4.79 Å². The number of carbonyl (C=O) groups excluding carboxylic acids is 1. The third-order valence-corrected chi connectivity index (χ3v) is 3.27. The van der Waals surface area contributed by atoms with Gasteiger partial charge in [0.2, 0.25) is 5.91 Å². The maximum atomic E-state index is 11.6. The maximum Gasteiger partial charge on any atom is 0.226 e. The van der Waals surface area contributed by atoms with Crippen molar-refractivity contribution in [2.45, 2.75) is 52.0 Å². The molecule has 1 unspecified atom stereocenters. The van der Waals surface area contributed by atoms with E-state index in [1.807, 2.05) is 12.3 Å². The Balaban J connectivity index is 2.29. The van der Waals surface area contributed by atoms with Crippen LogP contribution in [0.2, 0.25) is 0 Å². The van der Waals surface area contributed by atoms with Gasteiger partial charge in [-0.1, -0.05) is 26.2 Å². The third-order valence-electron chi connectivity index (χ3n) is 2.49. The fraction of sp³-hybridized carbons (Fsp3) is 0.667. The van der Waals surface area contributed by atoms with Gasteiger partial charge in [0.1, 0.15) is 0 Å². The van der Waals surface area contributed by atoms with Gasteiger partial charge < -0.3 is 11.1 Å². The number of aromatic nitrogens is 1. The molecule has 0 saturated heterocycles. The van der Waals surface area contributed by atoms with Gasteiger partial charge in [-0.2, -0.15) is 0 Å². The first-order chi connectivity index (χ1) is 8.13. The van der Waals surface area contributed by atoms with Crippen LogP contribution in [0.25, 0.3) is 0 Å². The van der Waals surface area contributed by atoms with Gasteiger partial charge in [0, 0.05) is 17.8 Å². The van der Waals surface area contributed by atoms with Crippen molar-refractivity contribution in [3.05, 3.63) is 11.1 Å². The molecular weight excluding hydrogens is 234 g/mol. The number of amides is 1. The van der Waals surface area contributed by atoms with E-state index in [9.17, 15) is 4.79 Å². The Morgan fingerprint density at radius 1 is 1.53 bits per heavy atom. The molecular formula is C12H21N3OS. The van der Waals surface area contributed by atoms with Crippen LogP contribution in [0.5, 0.6) is 0 Å². The Hall–Kier alpha value is -0.940. The van der Waals surface area contributed by atoms with Gasteiger partial charge in [-0.05, 0) is 13.3 Å². The molecule has 0 saturated carbocycles. The molecule has 0 spiro atoms. The highest BCUT2D eigenvalue weighted by atomic mass is 32.1. The molecule has 4 nitrogen and oxygen atoms in total. The Labute approximate surface area is 107 Å². The monoisotopic (exact) mass is 255 g/mol. The molecule has 17 heavy (non-hydrogen) atoms. The molecule has 1 rings (SSSR count). The highest BCUT2D eigenvalue weighted by molar-refractivity contribution is 7.13. The van der Waals surface area contributed by atoms with Crippen LogP contribution in [0, 0.1) is 0 Å². The van der Waals surface area contributed by atoms with Crippen LogP contribution in [0.4, 0.5) is 5.13 Å². The molecule has 1 heterocycles. The smallest absolute Gasteiger partial charge is 0.226 e. The van der Waals surface area contributed by atoms with Crippen LogP contribution in [0.3, 0.4) is 0 Å². The summed E-state index contributed by atoms with van der Waals surface area (Å²) in [4.78, 5) is 15.8. The third kappa shape index (κ3) is 5.28. The quantitative estimate of drug-likeness (QED) is 0.736. The van der Waals surface area contributed by atoms with Crippen molar-refractivity contribution < 1.29 is 4.79 Å². The molecule has 5 heteroatoms. The fourth-order valence-electron chi connectivity index (χ4n) is 1.45. The van der Waals surface area contributed by atoms with E-state index in [4.69, 9.17) is 5.73 Å². The van der Waals surface area contributed by atoms with Crippen LogP contribution in [0.15, 0.2) is 5.38 Å². The second-order valence-corrected chi connectivity index (χ2v) is 5.08. The summed E-state index contributed by atoms with van der Waals surface area (Å²) < 4.78 is 0. The number of nitrogens with one attached hydrogen (secondary N) is 1. The average molecular weight is 255 g/mol. The number of nitrogens with two attached hydrogens (primary N) is 1. The molecule has 1 amide bonds. The number of hydrogen-bond donors (Lipinski definition) is 2. The first kappa shape index (κ1) is 14.1. The van der Waals surface area contributed by atoms with Crippen molar-refractivity contribution in [1.29, 1.82) is 0 Å². The number of rotatable bonds is 7. The van der Waals surface area contributed by atoms with Crippen LogP contribution in [0.1, 0.15) is 57.7 Å². The second-order valence-electron chi connectivity index (χ2n) is 4.23. The zero-order valence-electron chi connectivity index (χ0n) is 10.5. The predicted octanol–water partition coefficient (Wildman–Crippen LogP) is 3.07. The Morgan fingerprint density at radius 3 is 2.88 bits per heavy atom. The first-order valence-corrected chi connectivity index (χ1v) is 7.02. The van der Waals surface area contributed by atoms with Crippen LogP contribution >= 0.6 is 11.3 Å². The molecule has 1 atom stereocenters. The maximum absolute atomic E-state index is 11.6. The number of carbonyl (C=O) groups is 1. The van der Waals surface area contributed by atoms with Gasteiger partial charge in [0.15, 0.2) is 5.13 Å². The molecule has 0 aromatic carbocycles. The van der Waals surface area contributed by atoms with Gasteiger partial charge in [0.25, 0.3) is 0 Å². The summed E-state index contributed by atoms with van der Waals surface area (Å²) in [5, 5.41) is 5.34. The van der Waals surface area contributed by atoms with Gasteiger partial charge >= 0.3 is 0 Å². The van der Waals surface area contributed by atoms with E-state index in [1.165, 1.54) is 24.2 Å². The van der Waals surface area contributed by atoms with Gasteiger partial charge in [-0.15, -0.1) is 11.3 Å². The van der Waals surface area contributed by atoms with Crippen molar-refractivity contribution in [3.63, 3.8) is 0 Å². The van der Waals surface area contributed by atoms with Crippen molar-refractivity contribution >= 4 is 22.4 Å². The number of unbranched alkanes of at least 4 members (excludes halogenated alkanes) is 3. The van der Waals surface area contributed by atoms with E-state index in [0.717, 1.165) is 18.5 Å². The number of nitrogens with zero attached hydrogens (tertiary/aromatic N) is 1. The average Bonchev–Trinajstić information content (AvgIpc) is 2.73. The summed E-state index contributed by atoms with van der Waals surface area (Å²) in [5.74, 6) is 0.0478. The summed E-state index contributed by atoms with van der Waals surface area (Å²) in [6.07, 6.45) is 5.02. The van der Waals surface area contributed by atoms with E-state index in [1.54, 1.807) is 0 Å². The van der Waals surface area contributed by atoms with E-state index in [0.29, 0.717) is 11.6 Å². The Bertz CT molecular complexity index is 349. The van der Waals surface area contributed by atoms with Crippen molar-refractivity contribution in [2.75, 3.05) is 5.32 Å². The Kier molecular flexibility index (Phi) is 6.15. The predicted molar refractivity (Wildman–Crippen MR) is 72.1 cm³/mol. The van der Waals surface area contributed by atoms with E-state index in [2.05, 4.69) is 17.2 Å². The molecule has 1 aromatic rings. The van der Waals surface area contributed by atoms with E-state index >= 15 is 0 Å². The molecule has 0 radical (unpaired) electrons. The number of anilines is 1.